The van der Waals surface area contributed by atoms with Crippen LogP contribution in [-0.4, -0.2) is 33.5 Å². The maximum absolute atomic E-state index is 12.1. The summed E-state index contributed by atoms with van der Waals surface area (Å²) in [5.74, 6) is 0.850. The van der Waals surface area contributed by atoms with Gasteiger partial charge in [0.25, 0.3) is 0 Å². The van der Waals surface area contributed by atoms with Gasteiger partial charge < -0.3 is 15.6 Å². The zero-order valence-corrected chi connectivity index (χ0v) is 13.1. The molecule has 21 heavy (non-hydrogen) atoms. The molecule has 1 aromatic heterocycles. The lowest BCUT2D eigenvalue weighted by Crippen LogP contribution is -2.53. The molecule has 1 amide bonds. The second-order valence-electron chi connectivity index (χ2n) is 4.76. The molecule has 0 spiro atoms. The average molecular weight is 305 g/mol. The first-order valence-corrected chi connectivity index (χ1v) is 7.53. The molecule has 112 valence electrons. The Morgan fingerprint density at radius 1 is 1.38 bits per heavy atom. The van der Waals surface area contributed by atoms with Crippen LogP contribution in [0.2, 0.25) is 0 Å². The van der Waals surface area contributed by atoms with E-state index in [1.165, 1.54) is 11.8 Å². The predicted molar refractivity (Wildman–Crippen MR) is 82.8 cm³/mol. The summed E-state index contributed by atoms with van der Waals surface area (Å²) in [6.45, 7) is 1.88. The van der Waals surface area contributed by atoms with Crippen LogP contribution in [0.3, 0.4) is 0 Å². The highest BCUT2D eigenvalue weighted by molar-refractivity contribution is 7.99. The van der Waals surface area contributed by atoms with Crippen molar-refractivity contribution in [1.29, 1.82) is 0 Å². The average Bonchev–Trinajstić information content (AvgIpc) is 2.81. The van der Waals surface area contributed by atoms with Crippen molar-refractivity contribution in [2.24, 2.45) is 12.8 Å². The van der Waals surface area contributed by atoms with Crippen molar-refractivity contribution >= 4 is 17.7 Å². The molecule has 1 heterocycles. The van der Waals surface area contributed by atoms with Crippen LogP contribution in [0.5, 0.6) is 0 Å². The number of hydrogen-bond acceptors (Lipinski definition) is 5. The van der Waals surface area contributed by atoms with E-state index in [1.807, 2.05) is 48.9 Å². The van der Waals surface area contributed by atoms with Gasteiger partial charge in [-0.05, 0) is 19.5 Å². The molecule has 0 saturated heterocycles. The first kappa shape index (κ1) is 15.5. The standard InChI is InChI=1S/C14H19N5OS/c1-10-17-18-13(19(10)3)21-9-14(16-2,12(15)20)11-7-5-4-6-8-11/h4-8,16H,9H2,1-3H3,(H2,15,20). The Labute approximate surface area is 128 Å². The summed E-state index contributed by atoms with van der Waals surface area (Å²) in [5.41, 5.74) is 5.56. The van der Waals surface area contributed by atoms with Crippen molar-refractivity contribution in [3.8, 4) is 0 Å². The van der Waals surface area contributed by atoms with Crippen LogP contribution >= 0.6 is 11.8 Å². The molecular formula is C14H19N5OS. The number of likely N-dealkylation sites (N-methyl/N-ethyl adjacent to an activating group) is 1. The van der Waals surface area contributed by atoms with E-state index in [-0.39, 0.29) is 0 Å². The van der Waals surface area contributed by atoms with Gasteiger partial charge in [0.05, 0.1) is 0 Å². The fourth-order valence-corrected chi connectivity index (χ4v) is 3.27. The van der Waals surface area contributed by atoms with Gasteiger partial charge in [0.15, 0.2) is 5.16 Å². The first-order valence-electron chi connectivity index (χ1n) is 6.54. The number of carbonyl (C=O) groups is 1. The highest BCUT2D eigenvalue weighted by Gasteiger charge is 2.37. The van der Waals surface area contributed by atoms with Crippen LogP contribution < -0.4 is 11.1 Å². The van der Waals surface area contributed by atoms with Crippen molar-refractivity contribution in [2.45, 2.75) is 17.6 Å². The third-order valence-corrected chi connectivity index (χ3v) is 4.78. The molecule has 0 radical (unpaired) electrons. The van der Waals surface area contributed by atoms with Crippen molar-refractivity contribution in [3.05, 3.63) is 41.7 Å². The number of carbonyl (C=O) groups excluding carboxylic acids is 1. The zero-order chi connectivity index (χ0) is 15.5. The van der Waals surface area contributed by atoms with Crippen LogP contribution in [0.15, 0.2) is 35.5 Å². The zero-order valence-electron chi connectivity index (χ0n) is 12.3. The molecule has 0 aliphatic carbocycles. The Bertz CT molecular complexity index is 628. The van der Waals surface area contributed by atoms with Crippen molar-refractivity contribution in [1.82, 2.24) is 20.1 Å². The quantitative estimate of drug-likeness (QED) is 0.772. The molecule has 1 unspecified atom stereocenters. The Hall–Kier alpha value is -1.86. The first-order chi connectivity index (χ1) is 10.0. The van der Waals surface area contributed by atoms with Gasteiger partial charge >= 0.3 is 0 Å². The van der Waals surface area contributed by atoms with Gasteiger partial charge in [-0.2, -0.15) is 0 Å². The van der Waals surface area contributed by atoms with E-state index >= 15 is 0 Å². The maximum Gasteiger partial charge on any atom is 0.243 e. The summed E-state index contributed by atoms with van der Waals surface area (Å²) in [6, 6.07) is 9.47. The molecule has 1 aromatic carbocycles. The number of nitrogens with two attached hydrogens (primary N) is 1. The normalized spacial score (nSPS) is 13.9. The van der Waals surface area contributed by atoms with E-state index in [4.69, 9.17) is 5.73 Å². The van der Waals surface area contributed by atoms with E-state index in [0.29, 0.717) is 5.75 Å². The van der Waals surface area contributed by atoms with E-state index in [1.54, 1.807) is 7.05 Å². The lowest BCUT2D eigenvalue weighted by Gasteiger charge is -2.30. The molecule has 1 atom stereocenters. The summed E-state index contributed by atoms with van der Waals surface area (Å²) in [5, 5.41) is 11.9. The number of nitrogens with zero attached hydrogens (tertiary/aromatic N) is 3. The van der Waals surface area contributed by atoms with Gasteiger partial charge in [-0.3, -0.25) is 4.79 Å². The monoisotopic (exact) mass is 305 g/mol. The fourth-order valence-electron chi connectivity index (χ4n) is 2.05. The number of aromatic nitrogens is 3. The smallest absolute Gasteiger partial charge is 0.243 e. The minimum Gasteiger partial charge on any atom is -0.368 e. The minimum atomic E-state index is -0.939. The molecule has 0 bridgehead atoms. The maximum atomic E-state index is 12.1. The predicted octanol–water partition coefficient (Wildman–Crippen LogP) is 0.816. The summed E-state index contributed by atoms with van der Waals surface area (Å²) < 4.78 is 1.89. The molecule has 6 nitrogen and oxygen atoms in total. The van der Waals surface area contributed by atoms with Gasteiger partial charge in [0.1, 0.15) is 11.4 Å². The number of rotatable bonds is 6. The third kappa shape index (κ3) is 2.93. The highest BCUT2D eigenvalue weighted by Crippen LogP contribution is 2.28. The molecule has 2 rings (SSSR count). The number of nitrogens with one attached hydrogen (secondary N) is 1. The highest BCUT2D eigenvalue weighted by atomic mass is 32.2. The van der Waals surface area contributed by atoms with Gasteiger partial charge in [-0.25, -0.2) is 0 Å². The van der Waals surface area contributed by atoms with Crippen LogP contribution in [0.4, 0.5) is 0 Å². The van der Waals surface area contributed by atoms with Crippen molar-refractivity contribution in [2.75, 3.05) is 12.8 Å². The Morgan fingerprint density at radius 3 is 2.52 bits per heavy atom. The second-order valence-corrected chi connectivity index (χ2v) is 5.71. The molecule has 0 aliphatic rings. The molecular weight excluding hydrogens is 286 g/mol. The van der Waals surface area contributed by atoms with Crippen LogP contribution in [0.1, 0.15) is 11.4 Å². The van der Waals surface area contributed by atoms with Crippen LogP contribution in [0, 0.1) is 6.92 Å². The lowest BCUT2D eigenvalue weighted by molar-refractivity contribution is -0.123. The summed E-state index contributed by atoms with van der Waals surface area (Å²) in [6.07, 6.45) is 0. The molecule has 3 N–H and O–H groups in total. The van der Waals surface area contributed by atoms with Gasteiger partial charge in [-0.15, -0.1) is 10.2 Å². The minimum absolute atomic E-state index is 0.414. The Morgan fingerprint density at radius 2 is 2.05 bits per heavy atom. The molecule has 0 aliphatic heterocycles. The fraction of sp³-hybridized carbons (Fsp3) is 0.357. The second kappa shape index (κ2) is 6.28. The molecule has 2 aromatic rings. The number of amides is 1. The number of aryl methyl sites for hydroxylation is 1. The lowest BCUT2D eigenvalue weighted by atomic mass is 9.91. The summed E-state index contributed by atoms with van der Waals surface area (Å²) in [4.78, 5) is 12.1. The summed E-state index contributed by atoms with van der Waals surface area (Å²) in [7, 11) is 3.63. The van der Waals surface area contributed by atoms with E-state index < -0.39 is 11.4 Å². The topological polar surface area (TPSA) is 85.8 Å². The van der Waals surface area contributed by atoms with E-state index in [2.05, 4.69) is 15.5 Å². The molecule has 7 heteroatoms. The SMILES string of the molecule is CNC(CSc1nnc(C)n1C)(C(N)=O)c1ccccc1. The number of benzene rings is 1. The Kier molecular flexibility index (Phi) is 4.64. The van der Waals surface area contributed by atoms with Gasteiger partial charge in [0, 0.05) is 12.8 Å². The molecule has 0 saturated carbocycles. The largest absolute Gasteiger partial charge is 0.368 e. The van der Waals surface area contributed by atoms with Gasteiger partial charge in [0.2, 0.25) is 5.91 Å². The number of primary amides is 1. The van der Waals surface area contributed by atoms with Crippen molar-refractivity contribution < 1.29 is 4.79 Å². The number of thioether (sulfide) groups is 1. The van der Waals surface area contributed by atoms with Crippen molar-refractivity contribution in [3.63, 3.8) is 0 Å². The van der Waals surface area contributed by atoms with E-state index in [9.17, 15) is 4.79 Å². The van der Waals surface area contributed by atoms with E-state index in [0.717, 1.165) is 16.5 Å². The van der Waals surface area contributed by atoms with Crippen LogP contribution in [-0.2, 0) is 17.4 Å². The van der Waals surface area contributed by atoms with Gasteiger partial charge in [-0.1, -0.05) is 42.1 Å². The number of hydrogen-bond donors (Lipinski definition) is 2. The Balaban J connectivity index is 2.29. The summed E-state index contributed by atoms with van der Waals surface area (Å²) >= 11 is 1.45. The third-order valence-electron chi connectivity index (χ3n) is 3.58. The van der Waals surface area contributed by atoms with Crippen LogP contribution in [0.25, 0.3) is 0 Å². The molecule has 0 fully saturated rings.